The molecule has 10 nitrogen and oxygen atoms in total. The summed E-state index contributed by atoms with van der Waals surface area (Å²) >= 11 is 6.05. The third-order valence-electron chi connectivity index (χ3n) is 5.45. The normalized spacial score (nSPS) is 15.3. The molecule has 0 radical (unpaired) electrons. The van der Waals surface area contributed by atoms with E-state index in [1.54, 1.807) is 29.0 Å². The number of anilines is 1. The van der Waals surface area contributed by atoms with Gasteiger partial charge in [-0.1, -0.05) is 11.6 Å². The van der Waals surface area contributed by atoms with Gasteiger partial charge < -0.3 is 24.8 Å². The van der Waals surface area contributed by atoms with Gasteiger partial charge in [-0.2, -0.15) is 0 Å². The number of hydrogen-bond donors (Lipinski definition) is 2. The van der Waals surface area contributed by atoms with Crippen LogP contribution in [0.1, 0.15) is 13.3 Å². The Balaban J connectivity index is 1.50. The third kappa shape index (κ3) is 4.82. The van der Waals surface area contributed by atoms with E-state index in [1.165, 1.54) is 13.3 Å². The van der Waals surface area contributed by atoms with Crippen LogP contribution in [0.4, 0.5) is 15.0 Å². The molecule has 0 saturated carbocycles. The summed E-state index contributed by atoms with van der Waals surface area (Å²) in [4.78, 5) is 43.5. The molecule has 1 aliphatic rings. The van der Waals surface area contributed by atoms with Crippen LogP contribution in [0, 0.1) is 5.82 Å². The van der Waals surface area contributed by atoms with Crippen molar-refractivity contribution in [1.82, 2.24) is 29.7 Å². The summed E-state index contributed by atoms with van der Waals surface area (Å²) in [7, 11) is 1.33. The first kappa shape index (κ1) is 22.7. The molecule has 0 unspecified atom stereocenters. The number of amides is 2. The number of aromatic amines is 1. The number of carbonyl (C=O) groups is 2. The average Bonchev–Trinajstić information content (AvgIpc) is 3.06. The molecule has 1 aliphatic heterocycles. The van der Waals surface area contributed by atoms with E-state index in [9.17, 15) is 14.0 Å². The van der Waals surface area contributed by atoms with Crippen LogP contribution < -0.4 is 5.32 Å². The first-order chi connectivity index (χ1) is 15.9. The number of fused-ring (bicyclic) bond motifs is 1. The second-order valence-electron chi connectivity index (χ2n) is 7.64. The van der Waals surface area contributed by atoms with Crippen molar-refractivity contribution in [2.75, 3.05) is 38.6 Å². The molecule has 1 fully saturated rings. The second kappa shape index (κ2) is 9.57. The molecule has 3 aromatic rings. The predicted octanol–water partition coefficient (Wildman–Crippen LogP) is 2.91. The zero-order chi connectivity index (χ0) is 23.5. The van der Waals surface area contributed by atoms with Crippen molar-refractivity contribution in [3.63, 3.8) is 0 Å². The van der Waals surface area contributed by atoms with Gasteiger partial charge in [0.2, 0.25) is 5.91 Å². The van der Waals surface area contributed by atoms with E-state index in [0.717, 1.165) is 6.20 Å². The fraction of sp³-hybridized carbons (Fsp3) is 0.381. The van der Waals surface area contributed by atoms with Gasteiger partial charge in [0, 0.05) is 49.5 Å². The highest BCUT2D eigenvalue weighted by molar-refractivity contribution is 6.31. The van der Waals surface area contributed by atoms with E-state index >= 15 is 0 Å². The van der Waals surface area contributed by atoms with E-state index in [2.05, 4.69) is 25.3 Å². The van der Waals surface area contributed by atoms with Crippen molar-refractivity contribution in [2.24, 2.45) is 0 Å². The number of hydrogen-bond acceptors (Lipinski definition) is 7. The van der Waals surface area contributed by atoms with Crippen LogP contribution in [0.2, 0.25) is 5.02 Å². The molecule has 1 saturated heterocycles. The number of nitrogens with one attached hydrogen (secondary N) is 2. The topological polar surface area (TPSA) is 116 Å². The monoisotopic (exact) mass is 475 g/mol. The highest BCUT2D eigenvalue weighted by atomic mass is 35.5. The van der Waals surface area contributed by atoms with Gasteiger partial charge in [-0.3, -0.25) is 4.79 Å². The van der Waals surface area contributed by atoms with Crippen molar-refractivity contribution in [3.05, 3.63) is 35.5 Å². The molecule has 12 heteroatoms. The Morgan fingerprint density at radius 1 is 1.21 bits per heavy atom. The number of halogens is 2. The number of methoxy groups -OCH3 is 1. The van der Waals surface area contributed by atoms with E-state index in [-0.39, 0.29) is 17.5 Å². The maximum Gasteiger partial charge on any atom is 0.409 e. The van der Waals surface area contributed by atoms with E-state index in [4.69, 9.17) is 16.3 Å². The van der Waals surface area contributed by atoms with Gasteiger partial charge in [0.25, 0.3) is 0 Å². The number of rotatable bonds is 4. The minimum atomic E-state index is -0.744. The third-order valence-corrected chi connectivity index (χ3v) is 5.65. The molecule has 0 spiro atoms. The molecular weight excluding hydrogens is 453 g/mol. The summed E-state index contributed by atoms with van der Waals surface area (Å²) in [5, 5.41) is 4.01. The van der Waals surface area contributed by atoms with Crippen LogP contribution in [0.3, 0.4) is 0 Å². The zero-order valence-corrected chi connectivity index (χ0v) is 18.9. The smallest absolute Gasteiger partial charge is 0.409 e. The van der Waals surface area contributed by atoms with Gasteiger partial charge >= 0.3 is 6.09 Å². The van der Waals surface area contributed by atoms with Crippen LogP contribution >= 0.6 is 11.6 Å². The van der Waals surface area contributed by atoms with Crippen molar-refractivity contribution < 1.29 is 18.7 Å². The molecule has 174 valence electrons. The largest absolute Gasteiger partial charge is 0.453 e. The number of nitrogens with zero attached hydrogens (tertiary/aromatic N) is 5. The number of ether oxygens (including phenoxy) is 1. The lowest BCUT2D eigenvalue weighted by atomic mass is 10.2. The van der Waals surface area contributed by atoms with Gasteiger partial charge in [0.15, 0.2) is 17.5 Å². The molecule has 33 heavy (non-hydrogen) atoms. The van der Waals surface area contributed by atoms with Gasteiger partial charge in [-0.15, -0.1) is 0 Å². The maximum atomic E-state index is 14.5. The Hall–Kier alpha value is -3.47. The summed E-state index contributed by atoms with van der Waals surface area (Å²) in [5.74, 6) is -0.722. The first-order valence-electron chi connectivity index (χ1n) is 10.4. The summed E-state index contributed by atoms with van der Waals surface area (Å²) in [5.41, 5.74) is 1.21. The lowest BCUT2D eigenvalue weighted by molar-refractivity contribution is -0.131. The Kier molecular flexibility index (Phi) is 6.59. The summed E-state index contributed by atoms with van der Waals surface area (Å²) < 4.78 is 19.2. The number of carbonyl (C=O) groups excluding carboxylic acids is 2. The fourth-order valence-electron chi connectivity index (χ4n) is 3.75. The summed E-state index contributed by atoms with van der Waals surface area (Å²) in [6.45, 7) is 3.36. The van der Waals surface area contributed by atoms with E-state index < -0.39 is 18.0 Å². The number of pyridine rings is 1. The highest BCUT2D eigenvalue weighted by Crippen LogP contribution is 2.28. The van der Waals surface area contributed by atoms with Crippen LogP contribution in [0.5, 0.6) is 0 Å². The number of H-pyrrole nitrogens is 1. The second-order valence-corrected chi connectivity index (χ2v) is 8.08. The fourth-order valence-corrected chi connectivity index (χ4v) is 3.91. The molecule has 3 aromatic heterocycles. The van der Waals surface area contributed by atoms with E-state index in [1.807, 2.05) is 0 Å². The molecule has 4 heterocycles. The summed E-state index contributed by atoms with van der Waals surface area (Å²) in [6, 6.07) is 0.976. The van der Waals surface area contributed by atoms with Crippen molar-refractivity contribution in [1.29, 1.82) is 0 Å². The molecule has 4 rings (SSSR count). The summed E-state index contributed by atoms with van der Waals surface area (Å²) in [6.07, 6.45) is 4.45. The van der Waals surface area contributed by atoms with E-state index in [0.29, 0.717) is 54.2 Å². The van der Waals surface area contributed by atoms with Gasteiger partial charge in [0.1, 0.15) is 11.7 Å². The zero-order valence-electron chi connectivity index (χ0n) is 18.1. The maximum absolute atomic E-state index is 14.5. The minimum Gasteiger partial charge on any atom is -0.453 e. The van der Waals surface area contributed by atoms with Crippen LogP contribution in [-0.4, -0.2) is 81.1 Å². The van der Waals surface area contributed by atoms with Crippen LogP contribution in [0.15, 0.2) is 24.7 Å². The molecule has 0 aliphatic carbocycles. The quantitative estimate of drug-likeness (QED) is 0.595. The van der Waals surface area contributed by atoms with Gasteiger partial charge in [0.05, 0.1) is 18.3 Å². The molecule has 0 bridgehead atoms. The lowest BCUT2D eigenvalue weighted by Gasteiger charge is -2.25. The highest BCUT2D eigenvalue weighted by Gasteiger charge is 2.26. The Morgan fingerprint density at radius 3 is 2.76 bits per heavy atom. The molecular formula is C21H23ClFN7O3. The molecule has 2 amide bonds. The Morgan fingerprint density at radius 2 is 1.97 bits per heavy atom. The average molecular weight is 476 g/mol. The minimum absolute atomic E-state index is 0.0869. The van der Waals surface area contributed by atoms with Gasteiger partial charge in [-0.25, -0.2) is 24.1 Å². The van der Waals surface area contributed by atoms with Crippen LogP contribution in [0.25, 0.3) is 22.4 Å². The number of aromatic nitrogens is 4. The standard InChI is InChI=1S/C21H23ClFN7O3/c1-12(20(31)29-4-3-5-30(7-6-29)21(32)33-2)27-19-16(23)11-26-18(28-19)15-10-25-17-14(15)8-13(22)9-24-17/h8-12H,3-7H2,1-2H3,(H,24,25)(H,26,27,28)/t12-/m1/s1. The lowest BCUT2D eigenvalue weighted by Crippen LogP contribution is -2.43. The Labute approximate surface area is 194 Å². The van der Waals surface area contributed by atoms with Gasteiger partial charge in [-0.05, 0) is 19.4 Å². The molecule has 0 aromatic carbocycles. The van der Waals surface area contributed by atoms with Crippen LogP contribution in [-0.2, 0) is 9.53 Å². The molecule has 2 N–H and O–H groups in total. The SMILES string of the molecule is COC(=O)N1CCCN(C(=O)[C@@H](C)Nc2nc(-c3c[nH]c4ncc(Cl)cc34)ncc2F)CC1. The molecule has 1 atom stereocenters. The van der Waals surface area contributed by atoms with Crippen molar-refractivity contribution in [3.8, 4) is 11.4 Å². The Bertz CT molecular complexity index is 1190. The first-order valence-corrected chi connectivity index (χ1v) is 10.8. The predicted molar refractivity (Wildman–Crippen MR) is 120 cm³/mol. The van der Waals surface area contributed by atoms with Crippen molar-refractivity contribution in [2.45, 2.75) is 19.4 Å². The van der Waals surface area contributed by atoms with Crippen molar-refractivity contribution >= 4 is 40.5 Å².